The zero-order valence-electron chi connectivity index (χ0n) is 8.68. The molecular formula is C11H20O. The van der Waals surface area contributed by atoms with Gasteiger partial charge >= 0.3 is 0 Å². The molecule has 1 unspecified atom stereocenters. The van der Waals surface area contributed by atoms with Crippen molar-refractivity contribution in [2.45, 2.75) is 46.1 Å². The fourth-order valence-corrected chi connectivity index (χ4v) is 3.49. The van der Waals surface area contributed by atoms with Gasteiger partial charge in [-0.3, -0.25) is 0 Å². The quantitative estimate of drug-likeness (QED) is 0.585. The molecule has 1 nitrogen and oxygen atoms in total. The van der Waals surface area contributed by atoms with E-state index in [0.717, 1.165) is 5.92 Å². The summed E-state index contributed by atoms with van der Waals surface area (Å²) in [6.45, 7) is 7.25. The van der Waals surface area contributed by atoms with Gasteiger partial charge in [0.2, 0.25) is 0 Å². The normalized spacial score (nSPS) is 50.0. The first kappa shape index (κ1) is 8.55. The zero-order valence-corrected chi connectivity index (χ0v) is 8.68. The van der Waals surface area contributed by atoms with Crippen LogP contribution in [0.15, 0.2) is 0 Å². The molecule has 0 N–H and O–H groups in total. The molecule has 12 heavy (non-hydrogen) atoms. The van der Waals surface area contributed by atoms with Crippen molar-refractivity contribution in [2.24, 2.45) is 16.7 Å². The Hall–Kier alpha value is -0.0400. The maximum absolute atomic E-state index is 5.58. The number of rotatable bonds is 1. The van der Waals surface area contributed by atoms with Crippen LogP contribution in [0.3, 0.4) is 0 Å². The second-order valence-corrected chi connectivity index (χ2v) is 5.33. The Morgan fingerprint density at radius 3 is 2.17 bits per heavy atom. The van der Waals surface area contributed by atoms with E-state index < -0.39 is 0 Å². The van der Waals surface area contributed by atoms with Gasteiger partial charge in [0.15, 0.2) is 0 Å². The minimum absolute atomic E-state index is 0.451. The number of hydrogen-bond donors (Lipinski definition) is 0. The van der Waals surface area contributed by atoms with Crippen molar-refractivity contribution in [3.05, 3.63) is 0 Å². The van der Waals surface area contributed by atoms with E-state index in [9.17, 15) is 0 Å². The highest BCUT2D eigenvalue weighted by Gasteiger charge is 2.61. The summed E-state index contributed by atoms with van der Waals surface area (Å²) in [5.41, 5.74) is 0.958. The lowest BCUT2D eigenvalue weighted by molar-refractivity contribution is -0.0200. The highest BCUT2D eigenvalue weighted by molar-refractivity contribution is 5.10. The number of fused-ring (bicyclic) bond motifs is 2. The molecular weight excluding hydrogens is 148 g/mol. The highest BCUT2D eigenvalue weighted by Crippen LogP contribution is 2.66. The molecule has 3 atom stereocenters. The van der Waals surface area contributed by atoms with Gasteiger partial charge in [-0.2, -0.15) is 0 Å². The van der Waals surface area contributed by atoms with Gasteiger partial charge in [0.1, 0.15) is 0 Å². The molecule has 2 fully saturated rings. The van der Waals surface area contributed by atoms with E-state index in [1.165, 1.54) is 19.3 Å². The summed E-state index contributed by atoms with van der Waals surface area (Å²) in [6, 6.07) is 0. The summed E-state index contributed by atoms with van der Waals surface area (Å²) in [7, 11) is 1.87. The highest BCUT2D eigenvalue weighted by atomic mass is 16.5. The molecule has 0 aromatic carbocycles. The molecule has 0 saturated heterocycles. The van der Waals surface area contributed by atoms with Crippen LogP contribution in [0.2, 0.25) is 0 Å². The average Bonchev–Trinajstić information content (AvgIpc) is 2.34. The summed E-state index contributed by atoms with van der Waals surface area (Å²) in [5.74, 6) is 0.910. The van der Waals surface area contributed by atoms with Crippen LogP contribution < -0.4 is 0 Å². The number of methoxy groups -OCH3 is 1. The first-order valence-electron chi connectivity index (χ1n) is 5.05. The molecule has 1 heteroatoms. The fraction of sp³-hybridized carbons (Fsp3) is 1.00. The van der Waals surface area contributed by atoms with Crippen molar-refractivity contribution >= 4 is 0 Å². The Balaban J connectivity index is 2.33. The van der Waals surface area contributed by atoms with Crippen molar-refractivity contribution < 1.29 is 4.74 Å². The summed E-state index contributed by atoms with van der Waals surface area (Å²) < 4.78 is 5.58. The van der Waals surface area contributed by atoms with Gasteiger partial charge in [0.05, 0.1) is 6.10 Å². The van der Waals surface area contributed by atoms with E-state index in [1.54, 1.807) is 0 Å². The molecule has 0 amide bonds. The number of ether oxygens (including phenoxy) is 1. The molecule has 0 aromatic rings. The fourth-order valence-electron chi connectivity index (χ4n) is 3.49. The molecule has 2 rings (SSSR count). The lowest BCUT2D eigenvalue weighted by atomic mass is 9.70. The topological polar surface area (TPSA) is 9.23 Å². The van der Waals surface area contributed by atoms with Crippen molar-refractivity contribution in [1.82, 2.24) is 0 Å². The molecule has 2 aliphatic carbocycles. The molecule has 2 aliphatic rings. The van der Waals surface area contributed by atoms with Crippen LogP contribution in [0.1, 0.15) is 40.0 Å². The lowest BCUT2D eigenvalue weighted by Crippen LogP contribution is -2.36. The van der Waals surface area contributed by atoms with Crippen molar-refractivity contribution in [1.29, 1.82) is 0 Å². The molecule has 0 heterocycles. The van der Waals surface area contributed by atoms with E-state index in [0.29, 0.717) is 16.9 Å². The molecule has 0 spiro atoms. The maximum atomic E-state index is 5.58. The first-order chi connectivity index (χ1) is 5.52. The second kappa shape index (κ2) is 2.25. The first-order valence-corrected chi connectivity index (χ1v) is 5.05. The largest absolute Gasteiger partial charge is 0.381 e. The van der Waals surface area contributed by atoms with E-state index in [4.69, 9.17) is 4.74 Å². The Kier molecular flexibility index (Phi) is 1.61. The van der Waals surface area contributed by atoms with Crippen molar-refractivity contribution in [2.75, 3.05) is 7.11 Å². The van der Waals surface area contributed by atoms with Crippen molar-refractivity contribution in [3.63, 3.8) is 0 Å². The van der Waals surface area contributed by atoms with Gasteiger partial charge in [0.25, 0.3) is 0 Å². The van der Waals surface area contributed by atoms with Crippen LogP contribution in [-0.4, -0.2) is 13.2 Å². The zero-order chi connectivity index (χ0) is 8.98. The van der Waals surface area contributed by atoms with Crippen LogP contribution in [-0.2, 0) is 4.74 Å². The minimum Gasteiger partial charge on any atom is -0.381 e. The predicted molar refractivity (Wildman–Crippen MR) is 50.0 cm³/mol. The van der Waals surface area contributed by atoms with Gasteiger partial charge in [0, 0.05) is 7.11 Å². The third-order valence-corrected chi connectivity index (χ3v) is 5.00. The Morgan fingerprint density at radius 2 is 1.92 bits per heavy atom. The monoisotopic (exact) mass is 168 g/mol. The van der Waals surface area contributed by atoms with E-state index >= 15 is 0 Å². The molecule has 0 radical (unpaired) electrons. The summed E-state index contributed by atoms with van der Waals surface area (Å²) >= 11 is 0. The van der Waals surface area contributed by atoms with Gasteiger partial charge in [-0.1, -0.05) is 20.8 Å². The SMILES string of the molecule is COC1C[C@@H]2CC[C@@]1(C)C2(C)C. The van der Waals surface area contributed by atoms with Crippen LogP contribution in [0.25, 0.3) is 0 Å². The Labute approximate surface area is 75.5 Å². The van der Waals surface area contributed by atoms with Crippen molar-refractivity contribution in [3.8, 4) is 0 Å². The molecule has 70 valence electrons. The Morgan fingerprint density at radius 1 is 1.25 bits per heavy atom. The van der Waals surface area contributed by atoms with E-state index in [-0.39, 0.29) is 0 Å². The average molecular weight is 168 g/mol. The van der Waals surface area contributed by atoms with Crippen LogP contribution in [0.5, 0.6) is 0 Å². The number of hydrogen-bond acceptors (Lipinski definition) is 1. The minimum atomic E-state index is 0.451. The summed E-state index contributed by atoms with van der Waals surface area (Å²) in [5, 5.41) is 0. The van der Waals surface area contributed by atoms with Crippen LogP contribution in [0, 0.1) is 16.7 Å². The third kappa shape index (κ3) is 0.736. The Bertz CT molecular complexity index is 197. The lowest BCUT2D eigenvalue weighted by Gasteiger charge is -2.38. The second-order valence-electron chi connectivity index (χ2n) is 5.33. The van der Waals surface area contributed by atoms with Gasteiger partial charge in [-0.05, 0) is 36.0 Å². The van der Waals surface area contributed by atoms with Gasteiger partial charge in [-0.25, -0.2) is 0 Å². The van der Waals surface area contributed by atoms with Crippen LogP contribution in [0.4, 0.5) is 0 Å². The van der Waals surface area contributed by atoms with E-state index in [1.807, 2.05) is 7.11 Å². The van der Waals surface area contributed by atoms with Gasteiger partial charge in [-0.15, -0.1) is 0 Å². The maximum Gasteiger partial charge on any atom is 0.0632 e. The smallest absolute Gasteiger partial charge is 0.0632 e. The third-order valence-electron chi connectivity index (χ3n) is 5.00. The molecule has 0 aliphatic heterocycles. The standard InChI is InChI=1S/C11H20O/c1-10(2)8-5-6-11(10,3)9(7-8)12-4/h8-9H,5-7H2,1-4H3/t8-,9?,11+/m0/s1. The predicted octanol–water partition coefficient (Wildman–Crippen LogP) is 2.85. The molecule has 2 saturated carbocycles. The van der Waals surface area contributed by atoms with E-state index in [2.05, 4.69) is 20.8 Å². The summed E-state index contributed by atoms with van der Waals surface area (Å²) in [4.78, 5) is 0. The summed E-state index contributed by atoms with van der Waals surface area (Å²) in [6.07, 6.45) is 4.60. The molecule has 0 aromatic heterocycles. The van der Waals surface area contributed by atoms with Gasteiger partial charge < -0.3 is 4.74 Å². The van der Waals surface area contributed by atoms with Crippen LogP contribution >= 0.6 is 0 Å². The molecule has 2 bridgehead atoms.